The maximum Gasteiger partial charge on any atom is 0.155 e. The quantitative estimate of drug-likeness (QED) is 0.632. The zero-order valence-electron chi connectivity index (χ0n) is 7.10. The van der Waals surface area contributed by atoms with Crippen molar-refractivity contribution in [2.45, 2.75) is 12.2 Å². The van der Waals surface area contributed by atoms with Gasteiger partial charge in [-0.25, -0.2) is 4.98 Å². The number of nitrogens with zero attached hydrogens (tertiary/aromatic N) is 3. The van der Waals surface area contributed by atoms with Crippen LogP contribution in [0.3, 0.4) is 0 Å². The van der Waals surface area contributed by atoms with Crippen molar-refractivity contribution in [2.24, 2.45) is 0 Å². The van der Waals surface area contributed by atoms with Crippen LogP contribution in [0.15, 0.2) is 18.6 Å². The van der Waals surface area contributed by atoms with Gasteiger partial charge in [0.1, 0.15) is 0 Å². The molecule has 0 saturated carbocycles. The fraction of sp³-hybridized carbons (Fsp3) is 0.333. The maximum atomic E-state index is 4.54. The molecule has 2 aromatic rings. The van der Waals surface area contributed by atoms with Crippen molar-refractivity contribution in [3.8, 4) is 0 Å². The summed E-state index contributed by atoms with van der Waals surface area (Å²) in [6.45, 7) is 0. The van der Waals surface area contributed by atoms with Gasteiger partial charge in [-0.15, -0.1) is 0 Å². The van der Waals surface area contributed by atoms with E-state index in [1.165, 1.54) is 17.1 Å². The highest BCUT2D eigenvalue weighted by Gasteiger charge is 2.15. The number of hydrogen-bond acceptors (Lipinski definition) is 3. The first kappa shape index (κ1) is 7.38. The predicted octanol–water partition coefficient (Wildman–Crippen LogP) is 1.52. The third kappa shape index (κ3) is 1.05. The summed E-state index contributed by atoms with van der Waals surface area (Å²) >= 11 is 1.98. The normalized spacial score (nSPS) is 16.0. The van der Waals surface area contributed by atoms with E-state index < -0.39 is 0 Å². The van der Waals surface area contributed by atoms with Crippen LogP contribution in [0.2, 0.25) is 0 Å². The number of aryl methyl sites for hydroxylation is 1. The number of hydrogen-bond donors (Lipinski definition) is 0. The number of thioether (sulfide) groups is 1. The summed E-state index contributed by atoms with van der Waals surface area (Å²) in [4.78, 5) is 8.61. The molecular formula is C9H9N3S. The van der Waals surface area contributed by atoms with Crippen molar-refractivity contribution in [3.63, 3.8) is 0 Å². The van der Waals surface area contributed by atoms with Crippen LogP contribution in [-0.2, 0) is 12.2 Å². The smallest absolute Gasteiger partial charge is 0.155 e. The van der Waals surface area contributed by atoms with Gasteiger partial charge in [0.15, 0.2) is 5.65 Å². The summed E-state index contributed by atoms with van der Waals surface area (Å²) in [6, 6.07) is 0. The largest absolute Gasteiger partial charge is 0.300 e. The zero-order chi connectivity index (χ0) is 8.67. The number of rotatable bonds is 0. The summed E-state index contributed by atoms with van der Waals surface area (Å²) in [5.74, 6) is 2.28. The van der Waals surface area contributed by atoms with Gasteiger partial charge in [0.05, 0.1) is 17.6 Å². The molecule has 13 heavy (non-hydrogen) atoms. The Morgan fingerprint density at radius 1 is 1.46 bits per heavy atom. The Morgan fingerprint density at radius 3 is 3.46 bits per heavy atom. The first-order valence-corrected chi connectivity index (χ1v) is 5.48. The number of imidazole rings is 1. The van der Waals surface area contributed by atoms with Gasteiger partial charge in [-0.3, -0.25) is 4.98 Å². The Labute approximate surface area is 80.2 Å². The SMILES string of the molecule is c1cn2c3c(nc2cn1)CCSC3. The molecule has 0 aliphatic carbocycles. The molecule has 1 aliphatic rings. The predicted molar refractivity (Wildman–Crippen MR) is 52.9 cm³/mol. The zero-order valence-corrected chi connectivity index (χ0v) is 7.92. The average Bonchev–Trinajstić information content (AvgIpc) is 2.56. The van der Waals surface area contributed by atoms with Crippen LogP contribution in [-0.4, -0.2) is 20.1 Å². The number of fused-ring (bicyclic) bond motifs is 3. The van der Waals surface area contributed by atoms with Crippen molar-refractivity contribution >= 4 is 17.4 Å². The fourth-order valence-electron chi connectivity index (χ4n) is 1.70. The summed E-state index contributed by atoms with van der Waals surface area (Å²) in [7, 11) is 0. The van der Waals surface area contributed by atoms with E-state index in [2.05, 4.69) is 14.4 Å². The molecule has 3 nitrogen and oxygen atoms in total. The Balaban J connectivity index is 2.34. The molecule has 66 valence electrons. The monoisotopic (exact) mass is 191 g/mol. The number of aromatic nitrogens is 3. The Kier molecular flexibility index (Phi) is 1.55. The minimum atomic E-state index is 0.981. The molecule has 4 heteroatoms. The third-order valence-corrected chi connectivity index (χ3v) is 3.30. The highest BCUT2D eigenvalue weighted by molar-refractivity contribution is 7.98. The second-order valence-corrected chi connectivity index (χ2v) is 4.22. The van der Waals surface area contributed by atoms with Crippen molar-refractivity contribution in [2.75, 3.05) is 5.75 Å². The molecule has 0 fully saturated rings. The molecule has 0 atom stereocenters. The van der Waals surface area contributed by atoms with E-state index in [4.69, 9.17) is 0 Å². The van der Waals surface area contributed by atoms with E-state index >= 15 is 0 Å². The molecule has 0 spiro atoms. The lowest BCUT2D eigenvalue weighted by Crippen LogP contribution is -2.02. The molecule has 2 aromatic heterocycles. The van der Waals surface area contributed by atoms with Gasteiger partial charge in [-0.05, 0) is 5.75 Å². The van der Waals surface area contributed by atoms with E-state index in [0.717, 1.165) is 17.8 Å². The van der Waals surface area contributed by atoms with Crippen LogP contribution >= 0.6 is 11.8 Å². The van der Waals surface area contributed by atoms with Crippen molar-refractivity contribution in [1.82, 2.24) is 14.4 Å². The Bertz CT molecular complexity index is 449. The highest BCUT2D eigenvalue weighted by Crippen LogP contribution is 2.24. The van der Waals surface area contributed by atoms with Crippen LogP contribution in [0.25, 0.3) is 5.65 Å². The van der Waals surface area contributed by atoms with E-state index in [1.807, 2.05) is 30.4 Å². The highest BCUT2D eigenvalue weighted by atomic mass is 32.2. The molecule has 1 aliphatic heterocycles. The van der Waals surface area contributed by atoms with Gasteiger partial charge < -0.3 is 4.40 Å². The second-order valence-electron chi connectivity index (χ2n) is 3.11. The lowest BCUT2D eigenvalue weighted by atomic mass is 10.3. The maximum absolute atomic E-state index is 4.54. The van der Waals surface area contributed by atoms with E-state index in [-0.39, 0.29) is 0 Å². The topological polar surface area (TPSA) is 30.2 Å². The van der Waals surface area contributed by atoms with E-state index in [1.54, 1.807) is 0 Å². The summed E-state index contributed by atoms with van der Waals surface area (Å²) in [6.07, 6.45) is 6.73. The van der Waals surface area contributed by atoms with Gasteiger partial charge in [-0.2, -0.15) is 11.8 Å². The Hall–Kier alpha value is -1.03. The molecule has 3 heterocycles. The minimum absolute atomic E-state index is 0.981. The molecule has 0 radical (unpaired) electrons. The molecule has 0 bridgehead atoms. The van der Waals surface area contributed by atoms with E-state index in [9.17, 15) is 0 Å². The molecule has 0 unspecified atom stereocenters. The van der Waals surface area contributed by atoms with Crippen molar-refractivity contribution in [3.05, 3.63) is 30.0 Å². The molecular weight excluding hydrogens is 182 g/mol. The standard InChI is InChI=1S/C9H9N3S/c1-4-13-6-8-7(1)11-9-5-10-2-3-12(8)9/h2-3,5H,1,4,6H2. The van der Waals surface area contributed by atoms with Crippen molar-refractivity contribution in [1.29, 1.82) is 0 Å². The van der Waals surface area contributed by atoms with Crippen LogP contribution in [0.1, 0.15) is 11.4 Å². The first-order valence-electron chi connectivity index (χ1n) is 4.33. The first-order chi connectivity index (χ1) is 6.45. The van der Waals surface area contributed by atoms with Crippen LogP contribution in [0.5, 0.6) is 0 Å². The lowest BCUT2D eigenvalue weighted by molar-refractivity contribution is 0.988. The third-order valence-electron chi connectivity index (χ3n) is 2.33. The summed E-state index contributed by atoms with van der Waals surface area (Å²) in [5, 5.41) is 0. The average molecular weight is 191 g/mol. The van der Waals surface area contributed by atoms with Crippen LogP contribution in [0, 0.1) is 0 Å². The summed E-state index contributed by atoms with van der Waals surface area (Å²) in [5.41, 5.74) is 3.59. The van der Waals surface area contributed by atoms with Gasteiger partial charge in [0.2, 0.25) is 0 Å². The summed E-state index contributed by atoms with van der Waals surface area (Å²) < 4.78 is 2.15. The van der Waals surface area contributed by atoms with Crippen LogP contribution < -0.4 is 0 Å². The molecule has 0 N–H and O–H groups in total. The second kappa shape index (κ2) is 2.73. The van der Waals surface area contributed by atoms with Crippen molar-refractivity contribution < 1.29 is 0 Å². The molecule has 0 amide bonds. The molecule has 0 aromatic carbocycles. The molecule has 3 rings (SSSR count). The van der Waals surface area contributed by atoms with Crippen LogP contribution in [0.4, 0.5) is 0 Å². The lowest BCUT2D eigenvalue weighted by Gasteiger charge is -2.09. The Morgan fingerprint density at radius 2 is 2.46 bits per heavy atom. The van der Waals surface area contributed by atoms with Gasteiger partial charge in [0.25, 0.3) is 0 Å². The van der Waals surface area contributed by atoms with Gasteiger partial charge in [-0.1, -0.05) is 0 Å². The molecule has 0 saturated heterocycles. The fourth-order valence-corrected chi connectivity index (χ4v) is 2.68. The minimum Gasteiger partial charge on any atom is -0.300 e. The van der Waals surface area contributed by atoms with E-state index in [0.29, 0.717) is 0 Å². The van der Waals surface area contributed by atoms with Gasteiger partial charge in [0, 0.05) is 24.6 Å². The van der Waals surface area contributed by atoms with Gasteiger partial charge >= 0.3 is 0 Å².